The summed E-state index contributed by atoms with van der Waals surface area (Å²) >= 11 is 0. The zero-order chi connectivity index (χ0) is 55.5. The lowest BCUT2D eigenvalue weighted by Gasteiger charge is -2.49. The van der Waals surface area contributed by atoms with Crippen molar-refractivity contribution < 1.29 is 67.6 Å². The first-order valence-corrected chi connectivity index (χ1v) is 28.8. The Bertz CT molecular complexity index is 2050. The molecule has 0 amide bonds. The summed E-state index contributed by atoms with van der Waals surface area (Å²) in [6.07, 6.45) is -10.3. The molecule has 0 aliphatic carbocycles. The van der Waals surface area contributed by atoms with E-state index in [2.05, 4.69) is 45.0 Å². The van der Waals surface area contributed by atoms with Crippen molar-refractivity contribution in [2.24, 2.45) is 17.8 Å². The third kappa shape index (κ3) is 13.5. The number of carbonyl (C=O) groups is 2. The molecule has 17 heteroatoms. The third-order valence-corrected chi connectivity index (χ3v) is 21.6. The van der Waals surface area contributed by atoms with E-state index in [4.69, 9.17) is 37.6 Å². The number of nitrogens with zero attached hydrogens (tertiary/aromatic N) is 2. The topological polar surface area (TPSA) is 195 Å². The number of aliphatic hydroxyl groups excluding tert-OH is 2. The number of hydrogen-bond acceptors (Lipinski definition) is 16. The van der Waals surface area contributed by atoms with Gasteiger partial charge in [-0.15, -0.1) is 0 Å². The highest BCUT2D eigenvalue weighted by Gasteiger charge is 2.55. The van der Waals surface area contributed by atoms with E-state index < -0.39 is 127 Å². The Morgan fingerprint density at radius 1 is 0.878 bits per heavy atom. The van der Waals surface area contributed by atoms with Crippen LogP contribution in [-0.2, 0) is 47.2 Å². The number of rotatable bonds is 13. The minimum absolute atomic E-state index is 0.0849. The van der Waals surface area contributed by atoms with Crippen LogP contribution in [0.25, 0.3) is 0 Å². The number of benzene rings is 2. The number of aliphatic hydroxyl groups is 4. The van der Waals surface area contributed by atoms with E-state index in [1.54, 1.807) is 48.5 Å². The van der Waals surface area contributed by atoms with Gasteiger partial charge in [0.1, 0.15) is 30.0 Å². The molecule has 16 nitrogen and oxygen atoms in total. The minimum Gasteiger partial charge on any atom is -0.459 e. The first-order valence-electron chi connectivity index (χ1n) is 26.9. The summed E-state index contributed by atoms with van der Waals surface area (Å²) in [6.45, 7) is 26.2. The molecule has 3 aliphatic heterocycles. The van der Waals surface area contributed by atoms with E-state index in [1.165, 1.54) is 14.0 Å². The Balaban J connectivity index is 1.62. The standard InChI is InChI=1S/C57H94N2O14Si/c1-19-44-57(14,65)48(60)38(6)59(17)33-34(2)31-55(12,64)50(36(4)46(37(5)51(62)69-44)70-45-32-56(13,66-18)49(61)39(7)68-45)72-53-47(43(58(15)16)30-35(3)67-53)71-52(63)40(8)73-74(54(9,10)11,41-26-22-20-23-27-41)42-28-24-21-25-29-42/h20-29,34-40,43-50,53,60-61,64-65H,19,30-33H2,1-18H3/t34-,35-,36+,37-,38-,39+,40-,43+,44-,45+,46+,47-,48-,49+,50-,53+,55-,56-,57-/m1/s1. The van der Waals surface area contributed by atoms with Gasteiger partial charge >= 0.3 is 11.9 Å². The molecular weight excluding hydrogens is 965 g/mol. The summed E-state index contributed by atoms with van der Waals surface area (Å²) in [4.78, 5) is 33.5. The molecule has 74 heavy (non-hydrogen) atoms. The molecule has 0 unspecified atom stereocenters. The number of carbonyl (C=O) groups excluding carboxylic acids is 2. The predicted molar refractivity (Wildman–Crippen MR) is 286 cm³/mol. The second-order valence-corrected chi connectivity index (χ2v) is 28.3. The average molecular weight is 1060 g/mol. The van der Waals surface area contributed by atoms with Crippen molar-refractivity contribution in [2.75, 3.05) is 34.8 Å². The van der Waals surface area contributed by atoms with Crippen LogP contribution in [0.1, 0.15) is 123 Å². The monoisotopic (exact) mass is 1060 g/mol. The molecule has 3 heterocycles. The Hall–Kier alpha value is -2.88. The van der Waals surface area contributed by atoms with Crippen molar-refractivity contribution >= 4 is 30.6 Å². The van der Waals surface area contributed by atoms with Crippen molar-refractivity contribution in [1.29, 1.82) is 0 Å². The van der Waals surface area contributed by atoms with E-state index in [-0.39, 0.29) is 31.3 Å². The minimum atomic E-state index is -3.22. The number of methoxy groups -OCH3 is 1. The summed E-state index contributed by atoms with van der Waals surface area (Å²) in [7, 11) is 3.95. The zero-order valence-electron chi connectivity index (χ0n) is 47.8. The normalized spacial score (nSPS) is 39.1. The van der Waals surface area contributed by atoms with Crippen LogP contribution < -0.4 is 10.4 Å². The van der Waals surface area contributed by atoms with Gasteiger partial charge < -0.3 is 67.8 Å². The van der Waals surface area contributed by atoms with Crippen molar-refractivity contribution in [3.63, 3.8) is 0 Å². The number of likely N-dealkylation sites (N-methyl/N-ethyl adjacent to an activating group) is 2. The van der Waals surface area contributed by atoms with Gasteiger partial charge in [0.15, 0.2) is 18.7 Å². The predicted octanol–water partition coefficient (Wildman–Crippen LogP) is 5.42. The van der Waals surface area contributed by atoms with Crippen molar-refractivity contribution in [3.05, 3.63) is 60.7 Å². The zero-order valence-corrected chi connectivity index (χ0v) is 48.8. The maximum absolute atomic E-state index is 14.9. The molecule has 3 fully saturated rings. The van der Waals surface area contributed by atoms with Crippen molar-refractivity contribution in [3.8, 4) is 0 Å². The summed E-state index contributed by atoms with van der Waals surface area (Å²) < 4.78 is 53.1. The molecule has 0 saturated carbocycles. The molecule has 0 bridgehead atoms. The van der Waals surface area contributed by atoms with Crippen LogP contribution in [-0.4, -0.2) is 182 Å². The molecule has 19 atom stereocenters. The van der Waals surface area contributed by atoms with E-state index in [0.717, 1.165) is 10.4 Å². The summed E-state index contributed by atoms with van der Waals surface area (Å²) in [5, 5.41) is 49.7. The van der Waals surface area contributed by atoms with Crippen LogP contribution in [0.4, 0.5) is 0 Å². The van der Waals surface area contributed by atoms with Gasteiger partial charge in [-0.25, -0.2) is 4.79 Å². The van der Waals surface area contributed by atoms with Crippen LogP contribution in [0.5, 0.6) is 0 Å². The molecule has 3 aliphatic rings. The molecule has 3 saturated heterocycles. The summed E-state index contributed by atoms with van der Waals surface area (Å²) in [5.41, 5.74) is -4.63. The number of esters is 2. The molecule has 0 spiro atoms. The number of hydrogen-bond donors (Lipinski definition) is 4. The highest BCUT2D eigenvalue weighted by atomic mass is 28.4. The Kier molecular flexibility index (Phi) is 20.8. The number of cyclic esters (lactones) is 1. The molecule has 2 aromatic carbocycles. The van der Waals surface area contributed by atoms with Crippen LogP contribution in [0.3, 0.4) is 0 Å². The first kappa shape index (κ1) is 62.0. The quantitative estimate of drug-likeness (QED) is 0.147. The van der Waals surface area contributed by atoms with E-state index in [0.29, 0.717) is 13.0 Å². The van der Waals surface area contributed by atoms with Gasteiger partial charge in [-0.1, -0.05) is 102 Å². The fraction of sp³-hybridized carbons (Fsp3) is 0.754. The van der Waals surface area contributed by atoms with Crippen LogP contribution in [0.2, 0.25) is 5.04 Å². The van der Waals surface area contributed by atoms with E-state index in [9.17, 15) is 30.0 Å². The van der Waals surface area contributed by atoms with Gasteiger partial charge in [-0.05, 0) is 117 Å². The molecule has 5 rings (SSSR count). The molecule has 4 N–H and O–H groups in total. The van der Waals surface area contributed by atoms with E-state index in [1.807, 2.05) is 88.1 Å². The van der Waals surface area contributed by atoms with Crippen LogP contribution in [0.15, 0.2) is 60.7 Å². The summed E-state index contributed by atoms with van der Waals surface area (Å²) in [5.74, 6) is -3.51. The van der Waals surface area contributed by atoms with Gasteiger partial charge in [-0.2, -0.15) is 0 Å². The second kappa shape index (κ2) is 24.8. The Labute approximate surface area is 443 Å². The maximum atomic E-state index is 14.9. The maximum Gasteiger partial charge on any atom is 0.334 e. The largest absolute Gasteiger partial charge is 0.459 e. The van der Waals surface area contributed by atoms with Gasteiger partial charge in [0, 0.05) is 32.0 Å². The molecule has 0 aromatic heterocycles. The Morgan fingerprint density at radius 3 is 1.96 bits per heavy atom. The highest BCUT2D eigenvalue weighted by Crippen LogP contribution is 2.42. The first-order chi connectivity index (χ1) is 34.4. The van der Waals surface area contributed by atoms with Crippen LogP contribution >= 0.6 is 0 Å². The lowest BCUT2D eigenvalue weighted by atomic mass is 9.77. The number of ether oxygens (including phenoxy) is 7. The SMILES string of the molecule is CC[C@H]1OC(=O)[C@H](C)[C@@H](O[C@H]2C[C@@](C)(OC)[C@@H](O)[C@H](C)O2)[C@H](C)[C@@H](O[C@@H]2O[C@H](C)C[C@H](N(C)C)[C@H]2OC(=O)[C@@H](C)O[Si](c2ccccc2)(c2ccccc2)C(C)(C)C)[C@](C)(O)C[C@@H](C)CN(C)[C@H](C)[C@@H](O)[C@]1(C)O. The summed E-state index contributed by atoms with van der Waals surface area (Å²) in [6, 6.07) is 19.2. The van der Waals surface area contributed by atoms with Crippen molar-refractivity contribution in [1.82, 2.24) is 9.80 Å². The molecule has 420 valence electrons. The lowest BCUT2D eigenvalue weighted by Crippen LogP contribution is -2.68. The van der Waals surface area contributed by atoms with Gasteiger partial charge in [0.05, 0.1) is 47.6 Å². The highest BCUT2D eigenvalue weighted by molar-refractivity contribution is 6.99. The molecule has 0 radical (unpaired) electrons. The molecule has 2 aromatic rings. The molecular formula is C57H94N2O14Si. The van der Waals surface area contributed by atoms with E-state index >= 15 is 0 Å². The average Bonchev–Trinajstić information content (AvgIpc) is 3.33. The van der Waals surface area contributed by atoms with Crippen LogP contribution in [0, 0.1) is 17.8 Å². The third-order valence-electron chi connectivity index (χ3n) is 16.5. The fourth-order valence-electron chi connectivity index (χ4n) is 12.1. The fourth-order valence-corrected chi connectivity index (χ4v) is 16.7. The van der Waals surface area contributed by atoms with Gasteiger partial charge in [-0.3, -0.25) is 4.79 Å². The Morgan fingerprint density at radius 2 is 1.45 bits per heavy atom. The second-order valence-electron chi connectivity index (χ2n) is 24.0. The lowest BCUT2D eigenvalue weighted by molar-refractivity contribution is -0.319. The van der Waals surface area contributed by atoms with Gasteiger partial charge in [0.2, 0.25) is 0 Å². The smallest absolute Gasteiger partial charge is 0.334 e. The van der Waals surface area contributed by atoms with Crippen molar-refractivity contribution in [2.45, 2.75) is 224 Å². The van der Waals surface area contributed by atoms with Gasteiger partial charge in [0.25, 0.3) is 8.32 Å².